The van der Waals surface area contributed by atoms with Crippen LogP contribution in [0.4, 0.5) is 4.79 Å². The van der Waals surface area contributed by atoms with Gasteiger partial charge in [-0.2, -0.15) is 0 Å². The van der Waals surface area contributed by atoms with Gasteiger partial charge in [-0.1, -0.05) is 29.8 Å². The highest BCUT2D eigenvalue weighted by Gasteiger charge is 2.20. The third kappa shape index (κ3) is 8.97. The molecule has 1 aromatic carbocycles. The van der Waals surface area contributed by atoms with Crippen molar-refractivity contribution >= 4 is 34.0 Å². The number of imide groups is 1. The van der Waals surface area contributed by atoms with Gasteiger partial charge in [0, 0.05) is 12.0 Å². The largest absolute Gasteiger partial charge is 0.452 e. The lowest BCUT2D eigenvalue weighted by Crippen LogP contribution is -2.45. The average molecular weight is 397 g/mol. The number of hydrogen-bond donors (Lipinski definition) is 3. The lowest BCUT2D eigenvalue weighted by molar-refractivity contribution is -0.153. The Morgan fingerprint density at radius 2 is 1.81 bits per heavy atom. The number of rotatable bonds is 8. The highest BCUT2D eigenvalue weighted by atomic mass is 32.2. The Labute approximate surface area is 158 Å². The zero-order valence-corrected chi connectivity index (χ0v) is 16.1. The van der Waals surface area contributed by atoms with Gasteiger partial charge < -0.3 is 10.1 Å². The van der Waals surface area contributed by atoms with Crippen molar-refractivity contribution in [3.05, 3.63) is 40.8 Å². The molecule has 0 saturated carbocycles. The zero-order valence-electron chi connectivity index (χ0n) is 15.3. The summed E-state index contributed by atoms with van der Waals surface area (Å²) in [5.74, 6) is -1.78. The summed E-state index contributed by atoms with van der Waals surface area (Å²) in [7, 11) is -3.86. The monoisotopic (exact) mass is 397 g/mol. The fourth-order valence-electron chi connectivity index (χ4n) is 1.76. The number of amides is 3. The van der Waals surface area contributed by atoms with Crippen LogP contribution in [0.25, 0.3) is 6.08 Å². The average Bonchev–Trinajstić information content (AvgIpc) is 2.60. The molecule has 0 spiro atoms. The minimum absolute atomic E-state index is 0.325. The molecule has 0 aliphatic heterocycles. The van der Waals surface area contributed by atoms with Crippen molar-refractivity contribution in [3.8, 4) is 0 Å². The quantitative estimate of drug-likeness (QED) is 0.553. The van der Waals surface area contributed by atoms with E-state index < -0.39 is 40.6 Å². The zero-order chi connectivity index (χ0) is 20.4. The van der Waals surface area contributed by atoms with Gasteiger partial charge >= 0.3 is 12.0 Å². The SMILES string of the molecule is CCNC(=O)NC(=O)C(C)OC(=O)CNS(=O)(=O)/C=C/c1ccc(C)cc1. The molecule has 0 radical (unpaired) electrons. The topological polar surface area (TPSA) is 131 Å². The third-order valence-corrected chi connectivity index (χ3v) is 4.23. The number of nitrogens with one attached hydrogen (secondary N) is 3. The van der Waals surface area contributed by atoms with Crippen LogP contribution in [0.15, 0.2) is 29.7 Å². The first-order chi connectivity index (χ1) is 12.6. The smallest absolute Gasteiger partial charge is 0.321 e. The van der Waals surface area contributed by atoms with Gasteiger partial charge in [0.1, 0.15) is 6.54 Å². The van der Waals surface area contributed by atoms with Gasteiger partial charge in [0.25, 0.3) is 5.91 Å². The number of carbonyl (C=O) groups excluding carboxylic acids is 3. The van der Waals surface area contributed by atoms with Crippen molar-refractivity contribution in [2.75, 3.05) is 13.1 Å². The number of carbonyl (C=O) groups is 3. The minimum atomic E-state index is -3.86. The van der Waals surface area contributed by atoms with Gasteiger partial charge in [0.2, 0.25) is 10.0 Å². The molecule has 3 N–H and O–H groups in total. The highest BCUT2D eigenvalue weighted by molar-refractivity contribution is 7.92. The third-order valence-electron chi connectivity index (χ3n) is 3.19. The van der Waals surface area contributed by atoms with Crippen molar-refractivity contribution in [1.82, 2.24) is 15.4 Å². The molecule has 1 aromatic rings. The van der Waals surface area contributed by atoms with E-state index in [1.165, 1.54) is 13.0 Å². The Bertz CT molecular complexity index is 802. The lowest BCUT2D eigenvalue weighted by atomic mass is 10.2. The maximum absolute atomic E-state index is 11.9. The summed E-state index contributed by atoms with van der Waals surface area (Å²) in [6.45, 7) is 4.52. The summed E-state index contributed by atoms with van der Waals surface area (Å²) in [5.41, 5.74) is 1.73. The number of benzene rings is 1. The van der Waals surface area contributed by atoms with E-state index in [2.05, 4.69) is 5.32 Å². The second-order valence-corrected chi connectivity index (χ2v) is 7.21. The van der Waals surface area contributed by atoms with E-state index >= 15 is 0 Å². The summed E-state index contributed by atoms with van der Waals surface area (Å²) >= 11 is 0. The first kappa shape index (κ1) is 22.3. The van der Waals surface area contributed by atoms with E-state index in [1.807, 2.05) is 29.1 Å². The van der Waals surface area contributed by atoms with Crippen LogP contribution in [0.5, 0.6) is 0 Å². The Hall–Kier alpha value is -2.72. The van der Waals surface area contributed by atoms with E-state index in [0.717, 1.165) is 11.0 Å². The Morgan fingerprint density at radius 3 is 2.41 bits per heavy atom. The first-order valence-corrected chi connectivity index (χ1v) is 9.70. The number of urea groups is 1. The maximum atomic E-state index is 11.9. The van der Waals surface area contributed by atoms with E-state index in [9.17, 15) is 22.8 Å². The fraction of sp³-hybridized carbons (Fsp3) is 0.353. The van der Waals surface area contributed by atoms with Crippen molar-refractivity contribution in [3.63, 3.8) is 0 Å². The van der Waals surface area contributed by atoms with Crippen molar-refractivity contribution < 1.29 is 27.5 Å². The van der Waals surface area contributed by atoms with Gasteiger partial charge in [0.05, 0.1) is 0 Å². The molecule has 0 bridgehead atoms. The Balaban J connectivity index is 2.48. The number of sulfonamides is 1. The van der Waals surface area contributed by atoms with Crippen LogP contribution in [0, 0.1) is 6.92 Å². The molecule has 10 heteroatoms. The van der Waals surface area contributed by atoms with E-state index in [1.54, 1.807) is 19.1 Å². The summed E-state index contributed by atoms with van der Waals surface area (Å²) in [4.78, 5) is 34.5. The van der Waals surface area contributed by atoms with Gasteiger partial charge in [-0.15, -0.1) is 0 Å². The van der Waals surface area contributed by atoms with Crippen LogP contribution in [-0.2, 0) is 24.3 Å². The van der Waals surface area contributed by atoms with Crippen LogP contribution in [0.1, 0.15) is 25.0 Å². The lowest BCUT2D eigenvalue weighted by Gasteiger charge is -2.13. The Kier molecular flexibility index (Phi) is 8.63. The van der Waals surface area contributed by atoms with Crippen LogP contribution >= 0.6 is 0 Å². The number of ether oxygens (including phenoxy) is 1. The number of hydrogen-bond acceptors (Lipinski definition) is 6. The van der Waals surface area contributed by atoms with E-state index in [4.69, 9.17) is 4.74 Å². The number of aryl methyl sites for hydroxylation is 1. The minimum Gasteiger partial charge on any atom is -0.452 e. The van der Waals surface area contributed by atoms with Gasteiger partial charge in [-0.05, 0) is 32.4 Å². The normalized spacial score (nSPS) is 12.4. The standard InChI is InChI=1S/C17H23N3O6S/c1-4-18-17(23)20-16(22)13(3)26-15(21)11-19-27(24,25)10-9-14-7-5-12(2)6-8-14/h5-10,13,19H,4,11H2,1-3H3,(H2,18,20,22,23)/b10-9+. The highest BCUT2D eigenvalue weighted by Crippen LogP contribution is 2.06. The van der Waals surface area contributed by atoms with Crippen molar-refractivity contribution in [2.45, 2.75) is 26.9 Å². The second-order valence-electron chi connectivity index (χ2n) is 5.56. The molecule has 1 atom stereocenters. The van der Waals surface area contributed by atoms with Gasteiger partial charge in [-0.3, -0.25) is 14.9 Å². The second kappa shape index (κ2) is 10.4. The van der Waals surface area contributed by atoms with Crippen LogP contribution < -0.4 is 15.4 Å². The predicted octanol–water partition coefficient (Wildman–Crippen LogP) is 0.663. The molecule has 1 rings (SSSR count). The molecule has 148 valence electrons. The summed E-state index contributed by atoms with van der Waals surface area (Å²) in [6, 6.07) is 6.47. The van der Waals surface area contributed by atoms with Crippen molar-refractivity contribution in [2.24, 2.45) is 0 Å². The molecule has 3 amide bonds. The summed E-state index contributed by atoms with van der Waals surface area (Å²) in [6.07, 6.45) is 0.128. The molecule has 27 heavy (non-hydrogen) atoms. The van der Waals surface area contributed by atoms with Crippen LogP contribution in [0.2, 0.25) is 0 Å². The van der Waals surface area contributed by atoms with Gasteiger partial charge in [0.15, 0.2) is 6.10 Å². The molecular formula is C17H23N3O6S. The molecule has 0 fully saturated rings. The molecule has 0 heterocycles. The molecule has 9 nitrogen and oxygen atoms in total. The van der Waals surface area contributed by atoms with Gasteiger partial charge in [-0.25, -0.2) is 17.9 Å². The van der Waals surface area contributed by atoms with E-state index in [-0.39, 0.29) is 0 Å². The molecule has 0 aliphatic rings. The Morgan fingerprint density at radius 1 is 1.19 bits per heavy atom. The molecule has 0 aliphatic carbocycles. The predicted molar refractivity (Wildman–Crippen MR) is 99.9 cm³/mol. The molecular weight excluding hydrogens is 374 g/mol. The maximum Gasteiger partial charge on any atom is 0.321 e. The molecule has 0 saturated heterocycles. The summed E-state index contributed by atoms with van der Waals surface area (Å²) < 4.78 is 30.6. The molecule has 0 aromatic heterocycles. The number of esters is 1. The molecule has 1 unspecified atom stereocenters. The van der Waals surface area contributed by atoms with Crippen LogP contribution in [0.3, 0.4) is 0 Å². The summed E-state index contributed by atoms with van der Waals surface area (Å²) in [5, 5.41) is 5.26. The fourth-order valence-corrected chi connectivity index (χ4v) is 2.52. The first-order valence-electron chi connectivity index (χ1n) is 8.15. The van der Waals surface area contributed by atoms with Crippen LogP contribution in [-0.4, -0.2) is 45.5 Å². The van der Waals surface area contributed by atoms with E-state index in [0.29, 0.717) is 12.1 Å². The van der Waals surface area contributed by atoms with Crippen molar-refractivity contribution in [1.29, 1.82) is 0 Å².